The topological polar surface area (TPSA) is 59.1 Å². The Labute approximate surface area is 147 Å². The molecule has 5 heteroatoms. The number of benzene rings is 1. The fourth-order valence-corrected chi connectivity index (χ4v) is 3.10. The molecule has 2 aromatic heterocycles. The van der Waals surface area contributed by atoms with Crippen LogP contribution in [0.1, 0.15) is 18.4 Å². The smallest absolute Gasteiger partial charge is 0.132 e. The van der Waals surface area contributed by atoms with Gasteiger partial charge < -0.3 is 15.4 Å². The lowest BCUT2D eigenvalue weighted by Gasteiger charge is -2.24. The van der Waals surface area contributed by atoms with Gasteiger partial charge in [-0.05, 0) is 80.2 Å². The van der Waals surface area contributed by atoms with Gasteiger partial charge in [-0.15, -0.1) is 0 Å². The van der Waals surface area contributed by atoms with Crippen LogP contribution >= 0.6 is 0 Å². The maximum Gasteiger partial charge on any atom is 0.132 e. The number of aromatic nitrogens is 2. The summed E-state index contributed by atoms with van der Waals surface area (Å²) in [5, 5.41) is 8.83. The Morgan fingerprint density at radius 1 is 1.00 bits per heavy atom. The maximum absolute atomic E-state index is 6.14. The summed E-state index contributed by atoms with van der Waals surface area (Å²) in [6.45, 7) is 4.10. The van der Waals surface area contributed by atoms with Crippen LogP contribution in [-0.2, 0) is 0 Å². The Balaban J connectivity index is 1.55. The first kappa shape index (κ1) is 15.8. The van der Waals surface area contributed by atoms with Crippen molar-refractivity contribution in [3.63, 3.8) is 0 Å². The van der Waals surface area contributed by atoms with Crippen molar-refractivity contribution in [1.29, 1.82) is 0 Å². The van der Waals surface area contributed by atoms with E-state index >= 15 is 0 Å². The monoisotopic (exact) mass is 334 g/mol. The highest BCUT2D eigenvalue weighted by Crippen LogP contribution is 2.25. The molecule has 0 amide bonds. The van der Waals surface area contributed by atoms with Crippen LogP contribution in [0.25, 0.3) is 10.8 Å². The molecule has 0 saturated carbocycles. The van der Waals surface area contributed by atoms with Crippen molar-refractivity contribution < 1.29 is 4.74 Å². The summed E-state index contributed by atoms with van der Waals surface area (Å²) < 4.78 is 6.14. The van der Waals surface area contributed by atoms with Gasteiger partial charge in [0, 0.05) is 17.8 Å². The molecule has 0 aliphatic carbocycles. The second-order valence-electron chi connectivity index (χ2n) is 6.49. The second kappa shape index (κ2) is 7.07. The molecule has 0 atom stereocenters. The number of piperidine rings is 1. The van der Waals surface area contributed by atoms with E-state index in [0.29, 0.717) is 6.10 Å². The van der Waals surface area contributed by atoms with Crippen LogP contribution in [0, 0.1) is 6.92 Å². The maximum atomic E-state index is 6.14. The lowest BCUT2D eigenvalue weighted by Crippen LogP contribution is -2.34. The standard InChI is InChI=1S/C20H22N4O/c1-14-4-9-22-19(10-14)24-20-12-16-11-18(3-2-15(16)13-23-20)25-17-5-7-21-8-6-17/h2-4,9-13,17,21H,5-8H2,1H3,(H,22,23,24). The molecule has 3 aromatic rings. The highest BCUT2D eigenvalue weighted by Gasteiger charge is 2.14. The Hall–Kier alpha value is -2.66. The number of fused-ring (bicyclic) bond motifs is 1. The van der Waals surface area contributed by atoms with E-state index in [9.17, 15) is 0 Å². The normalized spacial score (nSPS) is 15.2. The average Bonchev–Trinajstić information content (AvgIpc) is 2.62. The number of hydrogen-bond donors (Lipinski definition) is 2. The van der Waals surface area contributed by atoms with Crippen LogP contribution in [-0.4, -0.2) is 29.2 Å². The van der Waals surface area contributed by atoms with Gasteiger partial charge in [-0.1, -0.05) is 0 Å². The third-order valence-electron chi connectivity index (χ3n) is 4.45. The number of anilines is 2. The molecule has 1 aliphatic rings. The van der Waals surface area contributed by atoms with Crippen LogP contribution in [0.2, 0.25) is 0 Å². The van der Waals surface area contributed by atoms with Gasteiger partial charge in [0.15, 0.2) is 0 Å². The molecule has 1 saturated heterocycles. The predicted octanol–water partition coefficient (Wildman–Crippen LogP) is 3.81. The zero-order valence-corrected chi connectivity index (χ0v) is 14.3. The first-order valence-corrected chi connectivity index (χ1v) is 8.73. The Morgan fingerprint density at radius 2 is 1.84 bits per heavy atom. The fraction of sp³-hybridized carbons (Fsp3) is 0.300. The van der Waals surface area contributed by atoms with E-state index in [0.717, 1.165) is 59.7 Å². The summed E-state index contributed by atoms with van der Waals surface area (Å²) >= 11 is 0. The summed E-state index contributed by atoms with van der Waals surface area (Å²) in [5.41, 5.74) is 1.16. The summed E-state index contributed by atoms with van der Waals surface area (Å²) in [6, 6.07) is 12.2. The van der Waals surface area contributed by atoms with Crippen molar-refractivity contribution in [2.45, 2.75) is 25.9 Å². The van der Waals surface area contributed by atoms with E-state index in [2.05, 4.69) is 32.7 Å². The van der Waals surface area contributed by atoms with E-state index < -0.39 is 0 Å². The van der Waals surface area contributed by atoms with Crippen LogP contribution < -0.4 is 15.4 Å². The molecule has 0 spiro atoms. The van der Waals surface area contributed by atoms with Crippen molar-refractivity contribution in [3.8, 4) is 5.75 Å². The molecule has 1 aromatic carbocycles. The van der Waals surface area contributed by atoms with Gasteiger partial charge in [0.05, 0.1) is 0 Å². The molecule has 2 N–H and O–H groups in total. The van der Waals surface area contributed by atoms with Gasteiger partial charge in [0.1, 0.15) is 23.5 Å². The molecule has 5 nitrogen and oxygen atoms in total. The van der Waals surface area contributed by atoms with E-state index in [1.54, 1.807) is 6.20 Å². The number of pyridine rings is 2. The van der Waals surface area contributed by atoms with Gasteiger partial charge in [0.25, 0.3) is 0 Å². The van der Waals surface area contributed by atoms with Gasteiger partial charge >= 0.3 is 0 Å². The minimum absolute atomic E-state index is 0.301. The molecule has 0 bridgehead atoms. The highest BCUT2D eigenvalue weighted by molar-refractivity contribution is 5.85. The molecule has 0 radical (unpaired) electrons. The van der Waals surface area contributed by atoms with E-state index in [1.807, 2.05) is 37.4 Å². The largest absolute Gasteiger partial charge is 0.490 e. The van der Waals surface area contributed by atoms with Crippen molar-refractivity contribution in [1.82, 2.24) is 15.3 Å². The van der Waals surface area contributed by atoms with Crippen LogP contribution in [0.4, 0.5) is 11.6 Å². The second-order valence-corrected chi connectivity index (χ2v) is 6.49. The molecule has 128 valence electrons. The molecule has 4 rings (SSSR count). The average molecular weight is 334 g/mol. The SMILES string of the molecule is Cc1ccnc(Nc2cc3cc(OC4CCNCC4)ccc3cn2)c1. The molecule has 25 heavy (non-hydrogen) atoms. The molecule has 0 unspecified atom stereocenters. The van der Waals surface area contributed by atoms with Crippen molar-refractivity contribution in [3.05, 3.63) is 54.4 Å². The number of nitrogens with one attached hydrogen (secondary N) is 2. The van der Waals surface area contributed by atoms with Gasteiger partial charge in [0.2, 0.25) is 0 Å². The van der Waals surface area contributed by atoms with Crippen LogP contribution in [0.15, 0.2) is 48.8 Å². The quantitative estimate of drug-likeness (QED) is 0.760. The number of rotatable bonds is 4. The zero-order chi connectivity index (χ0) is 17.1. The molecular weight excluding hydrogens is 312 g/mol. The summed E-state index contributed by atoms with van der Waals surface area (Å²) in [7, 11) is 0. The first-order valence-electron chi connectivity index (χ1n) is 8.73. The summed E-state index contributed by atoms with van der Waals surface area (Å²) in [4.78, 5) is 8.81. The number of hydrogen-bond acceptors (Lipinski definition) is 5. The van der Waals surface area contributed by atoms with Gasteiger partial charge in [-0.2, -0.15) is 0 Å². The minimum atomic E-state index is 0.301. The lowest BCUT2D eigenvalue weighted by molar-refractivity contribution is 0.162. The number of nitrogens with zero attached hydrogens (tertiary/aromatic N) is 2. The first-order chi connectivity index (χ1) is 12.3. The Bertz CT molecular complexity index is 874. The summed E-state index contributed by atoms with van der Waals surface area (Å²) in [5.74, 6) is 2.50. The van der Waals surface area contributed by atoms with E-state index in [1.165, 1.54) is 0 Å². The van der Waals surface area contributed by atoms with Crippen LogP contribution in [0.3, 0.4) is 0 Å². The zero-order valence-electron chi connectivity index (χ0n) is 14.3. The molecule has 1 fully saturated rings. The lowest BCUT2D eigenvalue weighted by atomic mass is 10.1. The number of ether oxygens (including phenoxy) is 1. The Morgan fingerprint density at radius 3 is 2.68 bits per heavy atom. The fourth-order valence-electron chi connectivity index (χ4n) is 3.10. The Kier molecular flexibility index (Phi) is 4.48. The molecule has 1 aliphatic heterocycles. The van der Waals surface area contributed by atoms with Crippen molar-refractivity contribution >= 4 is 22.4 Å². The highest BCUT2D eigenvalue weighted by atomic mass is 16.5. The third-order valence-corrected chi connectivity index (χ3v) is 4.45. The summed E-state index contributed by atoms with van der Waals surface area (Å²) in [6.07, 6.45) is 6.08. The molecular formula is C20H22N4O. The van der Waals surface area contributed by atoms with Crippen molar-refractivity contribution in [2.75, 3.05) is 18.4 Å². The van der Waals surface area contributed by atoms with E-state index in [-0.39, 0.29) is 0 Å². The van der Waals surface area contributed by atoms with Crippen molar-refractivity contribution in [2.24, 2.45) is 0 Å². The molecule has 3 heterocycles. The van der Waals surface area contributed by atoms with Crippen LogP contribution in [0.5, 0.6) is 5.75 Å². The van der Waals surface area contributed by atoms with E-state index in [4.69, 9.17) is 4.74 Å². The van der Waals surface area contributed by atoms with Gasteiger partial charge in [-0.3, -0.25) is 0 Å². The van der Waals surface area contributed by atoms with Gasteiger partial charge in [-0.25, -0.2) is 9.97 Å². The number of aryl methyl sites for hydroxylation is 1. The predicted molar refractivity (Wildman–Crippen MR) is 101 cm³/mol. The minimum Gasteiger partial charge on any atom is -0.490 e. The third kappa shape index (κ3) is 3.88.